The largest absolute Gasteiger partial charge is 0.324 e. The fourth-order valence-corrected chi connectivity index (χ4v) is 3.76. The zero-order valence-electron chi connectivity index (χ0n) is 14.2. The molecule has 0 aliphatic carbocycles. The molecule has 3 rings (SSSR count). The van der Waals surface area contributed by atoms with Crippen LogP contribution in [0, 0.1) is 5.82 Å². The van der Waals surface area contributed by atoms with Crippen LogP contribution in [-0.4, -0.2) is 34.2 Å². The number of carbonyl (C=O) groups excluding carboxylic acids is 2. The van der Waals surface area contributed by atoms with Gasteiger partial charge >= 0.3 is 0 Å². The molecule has 0 saturated carbocycles. The van der Waals surface area contributed by atoms with Gasteiger partial charge in [-0.2, -0.15) is 0 Å². The summed E-state index contributed by atoms with van der Waals surface area (Å²) >= 11 is 1.26. The van der Waals surface area contributed by atoms with Crippen LogP contribution in [-0.2, 0) is 16.1 Å². The summed E-state index contributed by atoms with van der Waals surface area (Å²) in [5.74, 6) is -1.08. The molecule has 0 unspecified atom stereocenters. The molecule has 1 saturated heterocycles. The Morgan fingerprint density at radius 3 is 2.58 bits per heavy atom. The Morgan fingerprint density at radius 2 is 1.88 bits per heavy atom. The SMILES string of the molecule is CN=C1S[C@H](CC(=O)Nc2ccccc2F)C(=O)N1Cc1ccccc1. The molecule has 1 aliphatic heterocycles. The van der Waals surface area contributed by atoms with Crippen LogP contribution in [0.4, 0.5) is 10.1 Å². The molecule has 1 atom stereocenters. The van der Waals surface area contributed by atoms with E-state index in [2.05, 4.69) is 10.3 Å². The monoisotopic (exact) mass is 371 g/mol. The number of para-hydroxylation sites is 1. The third-order valence-electron chi connectivity index (χ3n) is 3.91. The molecule has 0 bridgehead atoms. The summed E-state index contributed by atoms with van der Waals surface area (Å²) in [6, 6.07) is 15.5. The Hall–Kier alpha value is -2.67. The topological polar surface area (TPSA) is 61.8 Å². The molecule has 134 valence electrons. The summed E-state index contributed by atoms with van der Waals surface area (Å²) in [4.78, 5) is 30.7. The van der Waals surface area contributed by atoms with E-state index in [1.807, 2.05) is 30.3 Å². The lowest BCUT2D eigenvalue weighted by molar-refractivity contribution is -0.128. The number of anilines is 1. The summed E-state index contributed by atoms with van der Waals surface area (Å²) in [6.45, 7) is 0.408. The fraction of sp³-hybridized carbons (Fsp3) is 0.211. The average molecular weight is 371 g/mol. The van der Waals surface area contributed by atoms with Gasteiger partial charge in [0.1, 0.15) is 11.1 Å². The zero-order chi connectivity index (χ0) is 18.5. The van der Waals surface area contributed by atoms with Crippen molar-refractivity contribution in [1.82, 2.24) is 4.90 Å². The molecular formula is C19H18FN3O2S. The predicted molar refractivity (Wildman–Crippen MR) is 101 cm³/mol. The van der Waals surface area contributed by atoms with Crippen LogP contribution < -0.4 is 5.32 Å². The molecular weight excluding hydrogens is 353 g/mol. The van der Waals surface area contributed by atoms with Crippen molar-refractivity contribution in [3.63, 3.8) is 0 Å². The number of thioether (sulfide) groups is 1. The van der Waals surface area contributed by atoms with E-state index < -0.39 is 17.0 Å². The van der Waals surface area contributed by atoms with E-state index in [-0.39, 0.29) is 18.0 Å². The van der Waals surface area contributed by atoms with E-state index in [4.69, 9.17) is 0 Å². The number of carbonyl (C=O) groups is 2. The van der Waals surface area contributed by atoms with Crippen LogP contribution in [0.25, 0.3) is 0 Å². The molecule has 5 nitrogen and oxygen atoms in total. The first-order valence-electron chi connectivity index (χ1n) is 8.11. The van der Waals surface area contributed by atoms with Crippen LogP contribution >= 0.6 is 11.8 Å². The lowest BCUT2D eigenvalue weighted by Gasteiger charge is -2.16. The second-order valence-electron chi connectivity index (χ2n) is 5.75. The lowest BCUT2D eigenvalue weighted by Crippen LogP contribution is -2.33. The molecule has 1 aliphatic rings. The molecule has 1 heterocycles. The van der Waals surface area contributed by atoms with E-state index in [9.17, 15) is 14.0 Å². The van der Waals surface area contributed by atoms with Crippen molar-refractivity contribution in [1.29, 1.82) is 0 Å². The molecule has 7 heteroatoms. The highest BCUT2D eigenvalue weighted by atomic mass is 32.2. The van der Waals surface area contributed by atoms with Gasteiger partial charge in [0.05, 0.1) is 12.2 Å². The van der Waals surface area contributed by atoms with Crippen molar-refractivity contribution in [2.45, 2.75) is 18.2 Å². The Morgan fingerprint density at radius 1 is 1.19 bits per heavy atom. The first-order chi connectivity index (χ1) is 12.6. The van der Waals surface area contributed by atoms with Gasteiger partial charge in [0.15, 0.2) is 5.17 Å². The zero-order valence-corrected chi connectivity index (χ0v) is 15.0. The minimum absolute atomic E-state index is 0.0395. The summed E-state index contributed by atoms with van der Waals surface area (Å²) in [7, 11) is 1.62. The van der Waals surface area contributed by atoms with Gasteiger partial charge in [-0.05, 0) is 17.7 Å². The van der Waals surface area contributed by atoms with Crippen LogP contribution in [0.15, 0.2) is 59.6 Å². The molecule has 2 aromatic carbocycles. The number of amidine groups is 1. The minimum atomic E-state index is -0.566. The highest BCUT2D eigenvalue weighted by molar-refractivity contribution is 8.15. The number of aliphatic imine (C=N–C) groups is 1. The van der Waals surface area contributed by atoms with Gasteiger partial charge in [-0.3, -0.25) is 19.5 Å². The molecule has 2 aromatic rings. The molecule has 2 amide bonds. The van der Waals surface area contributed by atoms with Crippen molar-refractivity contribution in [3.05, 3.63) is 66.0 Å². The molecule has 1 N–H and O–H groups in total. The van der Waals surface area contributed by atoms with Gasteiger partial charge in [0, 0.05) is 13.5 Å². The molecule has 0 radical (unpaired) electrons. The predicted octanol–water partition coefficient (Wildman–Crippen LogP) is 3.28. The first-order valence-corrected chi connectivity index (χ1v) is 8.99. The van der Waals surface area contributed by atoms with Gasteiger partial charge in [-0.25, -0.2) is 4.39 Å². The third-order valence-corrected chi connectivity index (χ3v) is 5.18. The van der Waals surface area contributed by atoms with Crippen LogP contribution in [0.2, 0.25) is 0 Å². The van der Waals surface area contributed by atoms with Crippen LogP contribution in [0.1, 0.15) is 12.0 Å². The number of amides is 2. The molecule has 0 spiro atoms. The quantitative estimate of drug-likeness (QED) is 0.877. The first kappa shape index (κ1) is 18.1. The maximum Gasteiger partial charge on any atom is 0.242 e. The summed E-state index contributed by atoms with van der Waals surface area (Å²) in [5, 5.41) is 2.54. The van der Waals surface area contributed by atoms with E-state index >= 15 is 0 Å². The van der Waals surface area contributed by atoms with Crippen molar-refractivity contribution >= 4 is 34.4 Å². The van der Waals surface area contributed by atoms with Crippen LogP contribution in [0.3, 0.4) is 0 Å². The van der Waals surface area contributed by atoms with Gasteiger partial charge in [-0.15, -0.1) is 0 Å². The highest BCUT2D eigenvalue weighted by Crippen LogP contribution is 2.31. The number of halogens is 1. The number of benzene rings is 2. The third kappa shape index (κ3) is 4.11. The van der Waals surface area contributed by atoms with Crippen LogP contribution in [0.5, 0.6) is 0 Å². The molecule has 26 heavy (non-hydrogen) atoms. The summed E-state index contributed by atoms with van der Waals surface area (Å²) < 4.78 is 13.6. The number of rotatable bonds is 5. The average Bonchev–Trinajstić information content (AvgIpc) is 2.93. The molecule has 0 aromatic heterocycles. The second-order valence-corrected chi connectivity index (χ2v) is 6.92. The van der Waals surface area contributed by atoms with Crippen molar-refractivity contribution in [2.75, 3.05) is 12.4 Å². The normalized spacial score (nSPS) is 18.4. The number of nitrogens with one attached hydrogen (secondary N) is 1. The summed E-state index contributed by atoms with van der Waals surface area (Å²) in [5.41, 5.74) is 1.09. The Labute approximate surface area is 155 Å². The van der Waals surface area contributed by atoms with Gasteiger partial charge in [0.25, 0.3) is 0 Å². The smallest absolute Gasteiger partial charge is 0.242 e. The minimum Gasteiger partial charge on any atom is -0.324 e. The van der Waals surface area contributed by atoms with E-state index in [1.165, 1.54) is 23.9 Å². The summed E-state index contributed by atoms with van der Waals surface area (Å²) in [6.07, 6.45) is -0.0395. The number of hydrogen-bond donors (Lipinski definition) is 1. The van der Waals surface area contributed by atoms with Gasteiger partial charge in [-0.1, -0.05) is 54.2 Å². The number of hydrogen-bond acceptors (Lipinski definition) is 4. The number of nitrogens with zero attached hydrogens (tertiary/aromatic N) is 2. The maximum absolute atomic E-state index is 13.6. The second kappa shape index (κ2) is 8.14. The molecule has 1 fully saturated rings. The Bertz CT molecular complexity index is 842. The van der Waals surface area contributed by atoms with E-state index in [0.29, 0.717) is 11.7 Å². The van der Waals surface area contributed by atoms with Gasteiger partial charge < -0.3 is 5.32 Å². The van der Waals surface area contributed by atoms with Crippen molar-refractivity contribution < 1.29 is 14.0 Å². The van der Waals surface area contributed by atoms with E-state index in [1.54, 1.807) is 24.1 Å². The maximum atomic E-state index is 13.6. The van der Waals surface area contributed by atoms with Crippen molar-refractivity contribution in [3.8, 4) is 0 Å². The highest BCUT2D eigenvalue weighted by Gasteiger charge is 2.38. The fourth-order valence-electron chi connectivity index (χ4n) is 2.66. The van der Waals surface area contributed by atoms with Gasteiger partial charge in [0.2, 0.25) is 11.8 Å². The Balaban J connectivity index is 1.66. The van der Waals surface area contributed by atoms with E-state index in [0.717, 1.165) is 5.56 Å². The lowest BCUT2D eigenvalue weighted by atomic mass is 10.2. The standard InChI is InChI=1S/C19H18FN3O2S/c1-21-19-23(12-13-7-3-2-4-8-13)18(25)16(26-19)11-17(24)22-15-10-6-5-9-14(15)20/h2-10,16H,11-12H2,1H3,(H,22,24)/t16-/m1/s1. The van der Waals surface area contributed by atoms with Crippen molar-refractivity contribution in [2.24, 2.45) is 4.99 Å². The Kier molecular flexibility index (Phi) is 5.68.